The molecule has 0 saturated heterocycles. The van der Waals surface area contributed by atoms with E-state index in [1.54, 1.807) is 0 Å². The fourth-order valence-electron chi connectivity index (χ4n) is 1.39. The average Bonchev–Trinajstić information content (AvgIpc) is 2.37. The summed E-state index contributed by atoms with van der Waals surface area (Å²) in [4.78, 5) is 22.1. The van der Waals surface area contributed by atoms with Crippen LogP contribution in [0, 0.1) is 11.6 Å². The predicted octanol–water partition coefficient (Wildman–Crippen LogP) is 0.849. The van der Waals surface area contributed by atoms with Crippen molar-refractivity contribution in [3.8, 4) is 0 Å². The van der Waals surface area contributed by atoms with Crippen molar-refractivity contribution in [2.45, 2.75) is 25.4 Å². The largest absolute Gasteiger partial charge is 0.479 e. The van der Waals surface area contributed by atoms with Crippen LogP contribution in [0.2, 0.25) is 0 Å². The SMILES string of the molecule is CC(O)(CNC(=O)CCc1ccc(F)c(F)c1)C(=O)O. The highest BCUT2D eigenvalue weighted by Crippen LogP contribution is 2.10. The molecule has 0 fully saturated rings. The van der Waals surface area contributed by atoms with Crippen LogP contribution in [0.15, 0.2) is 18.2 Å². The van der Waals surface area contributed by atoms with Crippen molar-refractivity contribution in [2.75, 3.05) is 6.54 Å². The van der Waals surface area contributed by atoms with Gasteiger partial charge in [0.05, 0.1) is 6.54 Å². The maximum Gasteiger partial charge on any atom is 0.337 e. The molecular weight excluding hydrogens is 272 g/mol. The summed E-state index contributed by atoms with van der Waals surface area (Å²) in [5, 5.41) is 20.3. The van der Waals surface area contributed by atoms with Gasteiger partial charge in [-0.3, -0.25) is 4.79 Å². The molecule has 1 aromatic rings. The van der Waals surface area contributed by atoms with Gasteiger partial charge in [-0.05, 0) is 31.0 Å². The molecule has 0 radical (unpaired) electrons. The Balaban J connectivity index is 2.44. The first-order valence-corrected chi connectivity index (χ1v) is 5.89. The molecule has 110 valence electrons. The summed E-state index contributed by atoms with van der Waals surface area (Å²) in [5.41, 5.74) is -1.60. The number of carbonyl (C=O) groups is 2. The predicted molar refractivity (Wildman–Crippen MR) is 65.9 cm³/mol. The van der Waals surface area contributed by atoms with Crippen molar-refractivity contribution in [1.82, 2.24) is 5.32 Å². The lowest BCUT2D eigenvalue weighted by Crippen LogP contribution is -2.46. The fraction of sp³-hybridized carbons (Fsp3) is 0.385. The number of rotatable bonds is 6. The quantitative estimate of drug-likeness (QED) is 0.724. The van der Waals surface area contributed by atoms with E-state index in [2.05, 4.69) is 5.32 Å². The molecule has 1 aromatic carbocycles. The maximum absolute atomic E-state index is 12.9. The van der Waals surface area contributed by atoms with E-state index in [0.29, 0.717) is 5.56 Å². The molecule has 0 heterocycles. The number of carbonyl (C=O) groups excluding carboxylic acids is 1. The molecular formula is C13H15F2NO4. The molecule has 7 heteroatoms. The number of carboxylic acids is 1. The van der Waals surface area contributed by atoms with Gasteiger partial charge in [0, 0.05) is 6.42 Å². The summed E-state index contributed by atoms with van der Waals surface area (Å²) < 4.78 is 25.6. The van der Waals surface area contributed by atoms with Crippen molar-refractivity contribution in [3.63, 3.8) is 0 Å². The van der Waals surface area contributed by atoms with Crippen molar-refractivity contribution in [1.29, 1.82) is 0 Å². The highest BCUT2D eigenvalue weighted by molar-refractivity contribution is 5.80. The van der Waals surface area contributed by atoms with Gasteiger partial charge in [0.25, 0.3) is 0 Å². The van der Waals surface area contributed by atoms with Crippen LogP contribution in [0.4, 0.5) is 8.78 Å². The summed E-state index contributed by atoms with van der Waals surface area (Å²) >= 11 is 0. The molecule has 20 heavy (non-hydrogen) atoms. The molecule has 0 spiro atoms. The third kappa shape index (κ3) is 4.58. The van der Waals surface area contributed by atoms with E-state index >= 15 is 0 Å². The van der Waals surface area contributed by atoms with E-state index in [0.717, 1.165) is 19.1 Å². The third-order valence-electron chi connectivity index (χ3n) is 2.72. The average molecular weight is 287 g/mol. The Morgan fingerprint density at radius 3 is 2.50 bits per heavy atom. The van der Waals surface area contributed by atoms with E-state index in [1.165, 1.54) is 6.07 Å². The van der Waals surface area contributed by atoms with E-state index in [-0.39, 0.29) is 12.8 Å². The van der Waals surface area contributed by atoms with Crippen LogP contribution in [0.1, 0.15) is 18.9 Å². The number of aryl methyl sites for hydroxylation is 1. The van der Waals surface area contributed by atoms with Gasteiger partial charge in [0.15, 0.2) is 17.2 Å². The second kappa shape index (κ2) is 6.42. The summed E-state index contributed by atoms with van der Waals surface area (Å²) in [6.07, 6.45) is 0.152. The van der Waals surface area contributed by atoms with Gasteiger partial charge in [0.1, 0.15) is 0 Å². The molecule has 1 unspecified atom stereocenters. The van der Waals surface area contributed by atoms with Gasteiger partial charge < -0.3 is 15.5 Å². The Bertz CT molecular complexity index is 517. The number of aliphatic carboxylic acids is 1. The minimum Gasteiger partial charge on any atom is -0.479 e. The first kappa shape index (κ1) is 16.0. The fourth-order valence-corrected chi connectivity index (χ4v) is 1.39. The smallest absolute Gasteiger partial charge is 0.337 e. The number of amides is 1. The molecule has 0 bridgehead atoms. The molecule has 0 aliphatic carbocycles. The summed E-state index contributed by atoms with van der Waals surface area (Å²) in [6.45, 7) is 0.629. The van der Waals surface area contributed by atoms with Gasteiger partial charge in [0.2, 0.25) is 5.91 Å². The first-order chi connectivity index (χ1) is 9.22. The number of carboxylic acid groups (broad SMARTS) is 1. The lowest BCUT2D eigenvalue weighted by atomic mass is 10.1. The van der Waals surface area contributed by atoms with Gasteiger partial charge in [-0.15, -0.1) is 0 Å². The first-order valence-electron chi connectivity index (χ1n) is 5.89. The van der Waals surface area contributed by atoms with Crippen LogP contribution < -0.4 is 5.32 Å². The Morgan fingerprint density at radius 2 is 1.95 bits per heavy atom. The second-order valence-electron chi connectivity index (χ2n) is 4.60. The lowest BCUT2D eigenvalue weighted by Gasteiger charge is -2.18. The van der Waals surface area contributed by atoms with Gasteiger partial charge >= 0.3 is 5.97 Å². The Kier molecular flexibility index (Phi) is 5.15. The lowest BCUT2D eigenvalue weighted by molar-refractivity contribution is -0.156. The van der Waals surface area contributed by atoms with Gasteiger partial charge in [-0.2, -0.15) is 0 Å². The number of halogens is 2. The molecule has 1 amide bonds. The van der Waals surface area contributed by atoms with Crippen molar-refractivity contribution in [2.24, 2.45) is 0 Å². The van der Waals surface area contributed by atoms with Crippen LogP contribution in [0.3, 0.4) is 0 Å². The number of hydrogen-bond donors (Lipinski definition) is 3. The van der Waals surface area contributed by atoms with E-state index < -0.39 is 35.7 Å². The summed E-state index contributed by atoms with van der Waals surface area (Å²) in [6, 6.07) is 3.33. The van der Waals surface area contributed by atoms with E-state index in [4.69, 9.17) is 5.11 Å². The highest BCUT2D eigenvalue weighted by Gasteiger charge is 2.30. The zero-order chi connectivity index (χ0) is 15.3. The Morgan fingerprint density at radius 1 is 1.30 bits per heavy atom. The van der Waals surface area contributed by atoms with E-state index in [9.17, 15) is 23.5 Å². The highest BCUT2D eigenvalue weighted by atomic mass is 19.2. The maximum atomic E-state index is 12.9. The van der Waals surface area contributed by atoms with Crippen LogP contribution in [0.25, 0.3) is 0 Å². The van der Waals surface area contributed by atoms with Crippen LogP contribution >= 0.6 is 0 Å². The number of benzene rings is 1. The van der Waals surface area contributed by atoms with Crippen LogP contribution in [-0.4, -0.2) is 34.2 Å². The Labute approximate surface area is 114 Å². The van der Waals surface area contributed by atoms with Crippen LogP contribution in [-0.2, 0) is 16.0 Å². The molecule has 3 N–H and O–H groups in total. The van der Waals surface area contributed by atoms with Crippen molar-refractivity contribution < 1.29 is 28.6 Å². The number of nitrogens with one attached hydrogen (secondary N) is 1. The third-order valence-corrected chi connectivity index (χ3v) is 2.72. The van der Waals surface area contributed by atoms with Crippen LogP contribution in [0.5, 0.6) is 0 Å². The molecule has 0 aliphatic rings. The number of aliphatic hydroxyl groups is 1. The Hall–Kier alpha value is -2.02. The second-order valence-corrected chi connectivity index (χ2v) is 4.60. The van der Waals surface area contributed by atoms with Gasteiger partial charge in [-0.25, -0.2) is 13.6 Å². The minimum atomic E-state index is -2.04. The van der Waals surface area contributed by atoms with Crippen molar-refractivity contribution in [3.05, 3.63) is 35.4 Å². The van der Waals surface area contributed by atoms with Gasteiger partial charge in [-0.1, -0.05) is 6.07 Å². The molecule has 0 aromatic heterocycles. The molecule has 5 nitrogen and oxygen atoms in total. The normalized spacial score (nSPS) is 13.6. The summed E-state index contributed by atoms with van der Waals surface area (Å²) in [7, 11) is 0. The minimum absolute atomic E-state index is 0.0270. The molecule has 1 rings (SSSR count). The topological polar surface area (TPSA) is 86.6 Å². The monoisotopic (exact) mass is 287 g/mol. The molecule has 0 aliphatic heterocycles. The standard InChI is InChI=1S/C13H15F2NO4/c1-13(20,12(18)19)7-16-11(17)5-3-8-2-4-9(14)10(15)6-8/h2,4,6,20H,3,5,7H2,1H3,(H,16,17)(H,18,19). The molecule has 1 atom stereocenters. The van der Waals surface area contributed by atoms with E-state index in [1.807, 2.05) is 0 Å². The summed E-state index contributed by atoms with van der Waals surface area (Å²) in [5.74, 6) is -3.89. The molecule has 0 saturated carbocycles. The zero-order valence-corrected chi connectivity index (χ0v) is 10.8. The number of hydrogen-bond acceptors (Lipinski definition) is 3. The van der Waals surface area contributed by atoms with Crippen molar-refractivity contribution >= 4 is 11.9 Å². The zero-order valence-electron chi connectivity index (χ0n) is 10.8.